The lowest BCUT2D eigenvalue weighted by Gasteiger charge is -2.06. The summed E-state index contributed by atoms with van der Waals surface area (Å²) in [5.74, 6) is 0.456. The Balaban J connectivity index is 1.54. The van der Waals surface area contributed by atoms with Gasteiger partial charge < -0.3 is 10.4 Å². The van der Waals surface area contributed by atoms with Gasteiger partial charge in [-0.05, 0) is 41.2 Å². The second-order valence-electron chi connectivity index (χ2n) is 5.70. The van der Waals surface area contributed by atoms with Crippen LogP contribution < -0.4 is 5.32 Å². The number of aliphatic hydroxyl groups excluding tert-OH is 1. The molecular weight excluding hydrogens is 298 g/mol. The normalized spacial score (nSPS) is 19.7. The molecule has 0 aromatic heterocycles. The number of amides is 1. The summed E-state index contributed by atoms with van der Waals surface area (Å²) in [6.45, 7) is 0.513. The number of carbonyl (C=O) groups excluding carboxylic acids is 1. The maximum atomic E-state index is 12.2. The zero-order valence-corrected chi connectivity index (χ0v) is 12.9. The molecule has 3 nitrogen and oxygen atoms in total. The Kier molecular flexibility index (Phi) is 4.46. The van der Waals surface area contributed by atoms with Crippen molar-refractivity contribution in [3.05, 3.63) is 70.2 Å². The van der Waals surface area contributed by atoms with E-state index in [1.165, 1.54) is 5.56 Å². The summed E-state index contributed by atoms with van der Waals surface area (Å²) < 4.78 is 0. The molecule has 1 amide bonds. The lowest BCUT2D eigenvalue weighted by atomic mass is 10.1. The summed E-state index contributed by atoms with van der Waals surface area (Å²) in [5.41, 5.74) is 3.03. The van der Waals surface area contributed by atoms with Crippen molar-refractivity contribution in [1.82, 2.24) is 5.32 Å². The summed E-state index contributed by atoms with van der Waals surface area (Å²) in [7, 11) is 0. The van der Waals surface area contributed by atoms with Crippen molar-refractivity contribution in [1.29, 1.82) is 0 Å². The molecule has 2 aromatic carbocycles. The van der Waals surface area contributed by atoms with Gasteiger partial charge in [-0.25, -0.2) is 0 Å². The Morgan fingerprint density at radius 3 is 2.64 bits per heavy atom. The van der Waals surface area contributed by atoms with Crippen LogP contribution in [0.4, 0.5) is 0 Å². The zero-order valence-electron chi connectivity index (χ0n) is 12.1. The van der Waals surface area contributed by atoms with E-state index in [9.17, 15) is 4.79 Å². The molecule has 2 N–H and O–H groups in total. The van der Waals surface area contributed by atoms with Crippen LogP contribution in [0.25, 0.3) is 0 Å². The summed E-state index contributed by atoms with van der Waals surface area (Å²) >= 11 is 5.88. The van der Waals surface area contributed by atoms with Crippen LogP contribution in [0.5, 0.6) is 0 Å². The minimum atomic E-state index is 0.0169. The van der Waals surface area contributed by atoms with Crippen LogP contribution in [0, 0.1) is 5.92 Å². The first-order valence-electron chi connectivity index (χ1n) is 7.39. The Morgan fingerprint density at radius 1 is 1.18 bits per heavy atom. The number of hydrogen-bond acceptors (Lipinski definition) is 2. The molecule has 0 aliphatic heterocycles. The van der Waals surface area contributed by atoms with Crippen molar-refractivity contribution in [2.45, 2.75) is 25.5 Å². The SMILES string of the molecule is O=C(NCc1cccc(CO)c1)C1CC1c1ccc(Cl)cc1. The van der Waals surface area contributed by atoms with Gasteiger partial charge in [0.15, 0.2) is 0 Å². The minimum absolute atomic E-state index is 0.0169. The van der Waals surface area contributed by atoms with Crippen LogP contribution in [0.2, 0.25) is 5.02 Å². The van der Waals surface area contributed by atoms with Gasteiger partial charge in [-0.2, -0.15) is 0 Å². The van der Waals surface area contributed by atoms with Gasteiger partial charge in [-0.1, -0.05) is 48.0 Å². The fraction of sp³-hybridized carbons (Fsp3) is 0.278. The van der Waals surface area contributed by atoms with E-state index in [4.69, 9.17) is 16.7 Å². The summed E-state index contributed by atoms with van der Waals surface area (Å²) in [6, 6.07) is 15.3. The lowest BCUT2D eigenvalue weighted by molar-refractivity contribution is -0.122. The molecule has 22 heavy (non-hydrogen) atoms. The van der Waals surface area contributed by atoms with Crippen LogP contribution >= 0.6 is 11.6 Å². The van der Waals surface area contributed by atoms with E-state index in [-0.39, 0.29) is 18.4 Å². The molecule has 3 rings (SSSR count). The fourth-order valence-electron chi connectivity index (χ4n) is 2.72. The van der Waals surface area contributed by atoms with Crippen LogP contribution in [-0.2, 0) is 17.9 Å². The van der Waals surface area contributed by atoms with E-state index in [1.807, 2.05) is 48.5 Å². The summed E-state index contributed by atoms with van der Waals surface area (Å²) in [5, 5.41) is 12.8. The lowest BCUT2D eigenvalue weighted by Crippen LogP contribution is -2.24. The average Bonchev–Trinajstić information content (AvgIpc) is 3.34. The van der Waals surface area contributed by atoms with Gasteiger partial charge in [-0.15, -0.1) is 0 Å². The maximum Gasteiger partial charge on any atom is 0.224 e. The number of rotatable bonds is 5. The first kappa shape index (κ1) is 15.1. The second-order valence-corrected chi connectivity index (χ2v) is 6.13. The number of benzene rings is 2. The quantitative estimate of drug-likeness (QED) is 0.890. The predicted octanol–water partition coefficient (Wildman–Crippen LogP) is 3.25. The van der Waals surface area contributed by atoms with E-state index in [2.05, 4.69) is 5.32 Å². The van der Waals surface area contributed by atoms with Crippen LogP contribution in [0.1, 0.15) is 29.0 Å². The number of halogens is 1. The first-order chi connectivity index (χ1) is 10.7. The van der Waals surface area contributed by atoms with Gasteiger partial charge >= 0.3 is 0 Å². The molecule has 2 atom stereocenters. The average molecular weight is 316 g/mol. The zero-order chi connectivity index (χ0) is 15.5. The Morgan fingerprint density at radius 2 is 1.91 bits per heavy atom. The van der Waals surface area contributed by atoms with Crippen molar-refractivity contribution >= 4 is 17.5 Å². The molecule has 0 radical (unpaired) electrons. The highest BCUT2D eigenvalue weighted by Gasteiger charge is 2.43. The monoisotopic (exact) mass is 315 g/mol. The van der Waals surface area contributed by atoms with Gasteiger partial charge in [0.2, 0.25) is 5.91 Å². The molecule has 1 saturated carbocycles. The maximum absolute atomic E-state index is 12.2. The predicted molar refractivity (Wildman–Crippen MR) is 86.5 cm³/mol. The number of nitrogens with one attached hydrogen (secondary N) is 1. The smallest absolute Gasteiger partial charge is 0.224 e. The molecule has 1 aliphatic carbocycles. The Labute approximate surface area is 134 Å². The van der Waals surface area contributed by atoms with Crippen molar-refractivity contribution in [3.63, 3.8) is 0 Å². The highest BCUT2D eigenvalue weighted by atomic mass is 35.5. The third kappa shape index (κ3) is 3.49. The van der Waals surface area contributed by atoms with Gasteiger partial charge in [0.25, 0.3) is 0 Å². The standard InChI is InChI=1S/C18H18ClNO2/c19-15-6-4-14(5-7-15)16-9-17(16)18(22)20-10-12-2-1-3-13(8-12)11-21/h1-8,16-17,21H,9-11H2,(H,20,22). The fourth-order valence-corrected chi connectivity index (χ4v) is 2.85. The molecule has 0 spiro atoms. The second kappa shape index (κ2) is 6.51. The molecule has 0 bridgehead atoms. The minimum Gasteiger partial charge on any atom is -0.392 e. The molecule has 114 valence electrons. The van der Waals surface area contributed by atoms with Gasteiger partial charge in [0, 0.05) is 17.5 Å². The highest BCUT2D eigenvalue weighted by Crippen LogP contribution is 2.47. The van der Waals surface area contributed by atoms with Crippen LogP contribution in [-0.4, -0.2) is 11.0 Å². The topological polar surface area (TPSA) is 49.3 Å². The van der Waals surface area contributed by atoms with E-state index in [1.54, 1.807) is 0 Å². The molecule has 0 heterocycles. The van der Waals surface area contributed by atoms with Crippen molar-refractivity contribution < 1.29 is 9.90 Å². The molecule has 1 fully saturated rings. The summed E-state index contributed by atoms with van der Waals surface area (Å²) in [6.07, 6.45) is 0.893. The molecule has 1 aliphatic rings. The molecule has 2 unspecified atom stereocenters. The first-order valence-corrected chi connectivity index (χ1v) is 7.77. The Bertz CT molecular complexity index is 669. The van der Waals surface area contributed by atoms with E-state index in [0.717, 1.165) is 17.5 Å². The van der Waals surface area contributed by atoms with Gasteiger partial charge in [0.1, 0.15) is 0 Å². The molecule has 4 heteroatoms. The highest BCUT2D eigenvalue weighted by molar-refractivity contribution is 6.30. The van der Waals surface area contributed by atoms with E-state index < -0.39 is 0 Å². The molecule has 0 saturated heterocycles. The van der Waals surface area contributed by atoms with E-state index >= 15 is 0 Å². The van der Waals surface area contributed by atoms with Crippen molar-refractivity contribution in [2.75, 3.05) is 0 Å². The largest absolute Gasteiger partial charge is 0.392 e. The van der Waals surface area contributed by atoms with Gasteiger partial charge in [0.05, 0.1) is 6.61 Å². The number of hydrogen-bond donors (Lipinski definition) is 2. The van der Waals surface area contributed by atoms with Gasteiger partial charge in [-0.3, -0.25) is 4.79 Å². The van der Waals surface area contributed by atoms with Crippen molar-refractivity contribution in [2.24, 2.45) is 5.92 Å². The Hall–Kier alpha value is -1.84. The third-order valence-electron chi connectivity index (χ3n) is 4.07. The van der Waals surface area contributed by atoms with E-state index in [0.29, 0.717) is 17.5 Å². The third-order valence-corrected chi connectivity index (χ3v) is 4.32. The number of carbonyl (C=O) groups is 1. The summed E-state index contributed by atoms with van der Waals surface area (Å²) in [4.78, 5) is 12.2. The molecule has 2 aromatic rings. The van der Waals surface area contributed by atoms with Crippen LogP contribution in [0.15, 0.2) is 48.5 Å². The molecular formula is C18H18ClNO2. The number of aliphatic hydroxyl groups is 1. The van der Waals surface area contributed by atoms with Crippen molar-refractivity contribution in [3.8, 4) is 0 Å². The van der Waals surface area contributed by atoms with Crippen LogP contribution in [0.3, 0.4) is 0 Å².